The second-order valence-electron chi connectivity index (χ2n) is 10.3. The first kappa shape index (κ1) is 31.2. The van der Waals surface area contributed by atoms with E-state index in [1.807, 2.05) is 40.7 Å². The summed E-state index contributed by atoms with van der Waals surface area (Å²) in [6.45, 7) is 10.8. The van der Waals surface area contributed by atoms with Crippen molar-refractivity contribution < 1.29 is 18.0 Å². The molecule has 214 valence electrons. The normalized spacial score (nSPS) is 12.9. The van der Waals surface area contributed by atoms with Crippen molar-refractivity contribution in [2.45, 2.75) is 71.5 Å². The van der Waals surface area contributed by atoms with E-state index in [0.717, 1.165) is 33.0 Å². The quantitative estimate of drug-likeness (QED) is 0.309. The molecule has 2 amide bonds. The van der Waals surface area contributed by atoms with Crippen LogP contribution in [0.3, 0.4) is 0 Å². The van der Waals surface area contributed by atoms with Crippen LogP contribution in [0.5, 0.6) is 0 Å². The number of anilines is 1. The second-order valence-corrected chi connectivity index (χ2v) is 12.6. The summed E-state index contributed by atoms with van der Waals surface area (Å²) in [6, 6.07) is 18.0. The fourth-order valence-electron chi connectivity index (χ4n) is 4.30. The van der Waals surface area contributed by atoms with Crippen molar-refractivity contribution in [3.63, 3.8) is 0 Å². The second kappa shape index (κ2) is 13.3. The molecule has 0 aromatic heterocycles. The van der Waals surface area contributed by atoms with Gasteiger partial charge in [0.15, 0.2) is 0 Å². The van der Waals surface area contributed by atoms with Crippen LogP contribution in [0.15, 0.2) is 71.6 Å². The van der Waals surface area contributed by atoms with Gasteiger partial charge >= 0.3 is 0 Å². The first-order valence-corrected chi connectivity index (χ1v) is 15.2. The zero-order valence-electron chi connectivity index (χ0n) is 23.9. The number of rotatable bonds is 11. The minimum absolute atomic E-state index is 0.0730. The summed E-state index contributed by atoms with van der Waals surface area (Å²) in [5.74, 6) is -0.812. The number of nitrogens with zero attached hydrogens (tertiary/aromatic N) is 2. The Labute approximate surface area is 243 Å². The first-order chi connectivity index (χ1) is 18.8. The van der Waals surface area contributed by atoms with E-state index in [1.54, 1.807) is 67.6 Å². The van der Waals surface area contributed by atoms with Crippen LogP contribution in [0, 0.1) is 20.8 Å². The third kappa shape index (κ3) is 7.86. The Morgan fingerprint density at radius 3 is 2.00 bits per heavy atom. The monoisotopic (exact) mass is 583 g/mol. The topological polar surface area (TPSA) is 86.8 Å². The summed E-state index contributed by atoms with van der Waals surface area (Å²) in [5, 5.41) is 3.49. The molecule has 40 heavy (non-hydrogen) atoms. The molecule has 0 unspecified atom stereocenters. The van der Waals surface area contributed by atoms with E-state index in [9.17, 15) is 18.0 Å². The number of benzene rings is 3. The molecule has 0 heterocycles. The Hall–Kier alpha value is -3.36. The highest BCUT2D eigenvalue weighted by Gasteiger charge is 2.33. The van der Waals surface area contributed by atoms with Crippen LogP contribution in [0.2, 0.25) is 5.02 Å². The van der Waals surface area contributed by atoms with Crippen LogP contribution in [0.4, 0.5) is 5.69 Å². The predicted molar refractivity (Wildman–Crippen MR) is 161 cm³/mol. The number of carbonyl (C=O) groups is 2. The molecule has 0 spiro atoms. The largest absolute Gasteiger partial charge is 0.352 e. The van der Waals surface area contributed by atoms with Crippen molar-refractivity contribution in [2.75, 3.05) is 10.8 Å². The van der Waals surface area contributed by atoms with Crippen LogP contribution in [-0.4, -0.2) is 43.8 Å². The molecule has 0 saturated carbocycles. The minimum atomic E-state index is -4.11. The van der Waals surface area contributed by atoms with Gasteiger partial charge in [-0.3, -0.25) is 13.9 Å². The summed E-state index contributed by atoms with van der Waals surface area (Å²) in [7, 11) is -4.11. The molecule has 7 nitrogen and oxygen atoms in total. The maximum absolute atomic E-state index is 14.0. The number of aryl methyl sites for hydroxylation is 3. The Balaban J connectivity index is 2.05. The summed E-state index contributed by atoms with van der Waals surface area (Å²) in [5.41, 5.74) is 3.80. The molecule has 9 heteroatoms. The molecule has 0 aliphatic heterocycles. The number of nitrogens with one attached hydrogen (secondary N) is 1. The van der Waals surface area contributed by atoms with Gasteiger partial charge in [-0.25, -0.2) is 8.42 Å². The predicted octanol–water partition coefficient (Wildman–Crippen LogP) is 5.79. The molecule has 0 aliphatic rings. The van der Waals surface area contributed by atoms with Gasteiger partial charge < -0.3 is 10.2 Å². The standard InChI is InChI=1S/C31H38ClN3O4S/c1-7-24(5)33-31(37)25(6)34(19-26-10-12-27(32)13-11-26)30(36)20-35(28-17-22(3)16-23(4)18-28)40(38,39)29-14-8-21(2)9-15-29/h8-18,24-25H,7,19-20H2,1-6H3,(H,33,37)/t24-,25-/m0/s1. The number of hydrogen-bond donors (Lipinski definition) is 1. The highest BCUT2D eigenvalue weighted by atomic mass is 35.5. The van der Waals surface area contributed by atoms with E-state index < -0.39 is 28.5 Å². The number of carbonyl (C=O) groups excluding carboxylic acids is 2. The highest BCUT2D eigenvalue weighted by molar-refractivity contribution is 7.92. The third-order valence-corrected chi connectivity index (χ3v) is 8.86. The minimum Gasteiger partial charge on any atom is -0.352 e. The van der Waals surface area contributed by atoms with Gasteiger partial charge in [-0.1, -0.05) is 54.4 Å². The number of hydrogen-bond acceptors (Lipinski definition) is 4. The summed E-state index contributed by atoms with van der Waals surface area (Å²) in [4.78, 5) is 28.7. The van der Waals surface area contributed by atoms with Crippen molar-refractivity contribution in [1.82, 2.24) is 10.2 Å². The maximum atomic E-state index is 14.0. The average molecular weight is 584 g/mol. The van der Waals surface area contributed by atoms with Gasteiger partial charge in [0.05, 0.1) is 10.6 Å². The molecule has 0 fully saturated rings. The Kier molecular flexibility index (Phi) is 10.4. The van der Waals surface area contributed by atoms with Gasteiger partial charge in [0, 0.05) is 17.6 Å². The van der Waals surface area contributed by atoms with Crippen molar-refractivity contribution in [3.05, 3.63) is 94.0 Å². The number of amides is 2. The lowest BCUT2D eigenvalue weighted by atomic mass is 10.1. The van der Waals surface area contributed by atoms with E-state index in [4.69, 9.17) is 11.6 Å². The van der Waals surface area contributed by atoms with Crippen molar-refractivity contribution >= 4 is 39.1 Å². The van der Waals surface area contributed by atoms with Crippen LogP contribution in [0.25, 0.3) is 0 Å². The Morgan fingerprint density at radius 2 is 1.45 bits per heavy atom. The first-order valence-electron chi connectivity index (χ1n) is 13.3. The summed E-state index contributed by atoms with van der Waals surface area (Å²) < 4.78 is 29.1. The Bertz CT molecular complexity index is 1420. The molecule has 2 atom stereocenters. The van der Waals surface area contributed by atoms with Gasteiger partial charge in [0.1, 0.15) is 12.6 Å². The zero-order valence-corrected chi connectivity index (χ0v) is 25.5. The number of sulfonamides is 1. The van der Waals surface area contributed by atoms with E-state index in [1.165, 1.54) is 4.90 Å². The van der Waals surface area contributed by atoms with Gasteiger partial charge in [-0.15, -0.1) is 0 Å². The van der Waals surface area contributed by atoms with Crippen LogP contribution >= 0.6 is 11.6 Å². The molecule has 0 aliphatic carbocycles. The van der Waals surface area contributed by atoms with Crippen molar-refractivity contribution in [3.8, 4) is 0 Å². The lowest BCUT2D eigenvalue weighted by molar-refractivity contribution is -0.139. The van der Waals surface area contributed by atoms with E-state index >= 15 is 0 Å². The molecule has 1 N–H and O–H groups in total. The SMILES string of the molecule is CC[C@H](C)NC(=O)[C@H](C)N(Cc1ccc(Cl)cc1)C(=O)CN(c1cc(C)cc(C)c1)S(=O)(=O)c1ccc(C)cc1. The fraction of sp³-hybridized carbons (Fsp3) is 0.355. The van der Waals surface area contributed by atoms with E-state index in [0.29, 0.717) is 10.7 Å². The van der Waals surface area contributed by atoms with Crippen LogP contribution in [0.1, 0.15) is 49.4 Å². The third-order valence-electron chi connectivity index (χ3n) is 6.82. The van der Waals surface area contributed by atoms with Crippen molar-refractivity contribution in [1.29, 1.82) is 0 Å². The van der Waals surface area contributed by atoms with Gasteiger partial charge in [-0.2, -0.15) is 0 Å². The Morgan fingerprint density at radius 1 is 0.875 bits per heavy atom. The summed E-state index contributed by atoms with van der Waals surface area (Å²) >= 11 is 6.06. The number of halogens is 1. The fourth-order valence-corrected chi connectivity index (χ4v) is 5.82. The smallest absolute Gasteiger partial charge is 0.264 e. The molecule has 0 saturated heterocycles. The molecular formula is C31H38ClN3O4S. The van der Waals surface area contributed by atoms with Crippen molar-refractivity contribution in [2.24, 2.45) is 0 Å². The van der Waals surface area contributed by atoms with Gasteiger partial charge in [0.2, 0.25) is 11.8 Å². The lowest BCUT2D eigenvalue weighted by Crippen LogP contribution is -2.52. The molecule has 0 radical (unpaired) electrons. The van der Waals surface area contributed by atoms with E-state index in [2.05, 4.69) is 5.32 Å². The van der Waals surface area contributed by atoms with E-state index in [-0.39, 0.29) is 23.4 Å². The van der Waals surface area contributed by atoms with Gasteiger partial charge in [-0.05, 0) is 94.1 Å². The highest BCUT2D eigenvalue weighted by Crippen LogP contribution is 2.27. The summed E-state index contributed by atoms with van der Waals surface area (Å²) in [6.07, 6.45) is 0.735. The molecular weight excluding hydrogens is 546 g/mol. The molecule has 3 aromatic carbocycles. The maximum Gasteiger partial charge on any atom is 0.264 e. The molecule has 3 aromatic rings. The molecule has 0 bridgehead atoms. The molecule has 3 rings (SSSR count). The average Bonchev–Trinajstić information content (AvgIpc) is 2.90. The van der Waals surface area contributed by atoms with Crippen LogP contribution < -0.4 is 9.62 Å². The lowest BCUT2D eigenvalue weighted by Gasteiger charge is -2.32. The zero-order chi connectivity index (χ0) is 29.6. The van der Waals surface area contributed by atoms with Gasteiger partial charge in [0.25, 0.3) is 10.0 Å². The van der Waals surface area contributed by atoms with Crippen LogP contribution in [-0.2, 0) is 26.2 Å².